The second-order valence-electron chi connectivity index (χ2n) is 5.25. The minimum atomic E-state index is -3.29. The molecule has 0 aromatic heterocycles. The van der Waals surface area contributed by atoms with Gasteiger partial charge in [-0.25, -0.2) is 8.42 Å². The van der Waals surface area contributed by atoms with Crippen molar-refractivity contribution in [3.63, 3.8) is 0 Å². The van der Waals surface area contributed by atoms with Gasteiger partial charge in [-0.05, 0) is 56.0 Å². The molecule has 112 valence electrons. The van der Waals surface area contributed by atoms with Gasteiger partial charge >= 0.3 is 0 Å². The van der Waals surface area contributed by atoms with Gasteiger partial charge in [0.15, 0.2) is 0 Å². The molecule has 3 N–H and O–H groups in total. The monoisotopic (exact) mass is 298 g/mol. The molecule has 1 saturated heterocycles. The van der Waals surface area contributed by atoms with Gasteiger partial charge in [0.05, 0.1) is 5.75 Å². The van der Waals surface area contributed by atoms with E-state index in [1.807, 2.05) is 12.1 Å². The highest BCUT2D eigenvalue weighted by Crippen LogP contribution is 2.17. The third kappa shape index (κ3) is 4.77. The first kappa shape index (κ1) is 15.3. The van der Waals surface area contributed by atoms with Gasteiger partial charge in [-0.2, -0.15) is 0 Å². The van der Waals surface area contributed by atoms with Crippen molar-refractivity contribution in [2.45, 2.75) is 19.3 Å². The van der Waals surface area contributed by atoms with Gasteiger partial charge in [0, 0.05) is 12.3 Å². The summed E-state index contributed by atoms with van der Waals surface area (Å²) in [6, 6.07) is 7.15. The Kier molecular flexibility index (Phi) is 5.39. The van der Waals surface area contributed by atoms with Crippen molar-refractivity contribution in [2.24, 2.45) is 5.92 Å². The van der Waals surface area contributed by atoms with Crippen LogP contribution in [0.2, 0.25) is 0 Å². The number of rotatable bonds is 6. The number of hydrogen-bond donors (Lipinski definition) is 3. The Morgan fingerprint density at radius 2 is 1.85 bits per heavy atom. The zero-order valence-corrected chi connectivity index (χ0v) is 12.3. The Hall–Kier alpha value is -1.11. The fourth-order valence-corrected chi connectivity index (χ4v) is 3.98. The second-order valence-corrected chi connectivity index (χ2v) is 7.01. The molecule has 0 atom stereocenters. The summed E-state index contributed by atoms with van der Waals surface area (Å²) >= 11 is 0. The fourth-order valence-electron chi connectivity index (χ4n) is 2.45. The molecule has 0 spiro atoms. The van der Waals surface area contributed by atoms with Gasteiger partial charge in [-0.3, -0.25) is 4.72 Å². The minimum Gasteiger partial charge on any atom is -0.396 e. The molecule has 1 aliphatic rings. The molecule has 1 heterocycles. The fraction of sp³-hybridized carbons (Fsp3) is 0.571. The Morgan fingerprint density at radius 3 is 2.45 bits per heavy atom. The van der Waals surface area contributed by atoms with Crippen molar-refractivity contribution in [1.29, 1.82) is 0 Å². The van der Waals surface area contributed by atoms with Gasteiger partial charge in [-0.1, -0.05) is 12.1 Å². The van der Waals surface area contributed by atoms with Gasteiger partial charge in [-0.15, -0.1) is 0 Å². The van der Waals surface area contributed by atoms with Crippen LogP contribution < -0.4 is 10.0 Å². The van der Waals surface area contributed by atoms with E-state index in [0.717, 1.165) is 31.5 Å². The van der Waals surface area contributed by atoms with E-state index in [9.17, 15) is 8.42 Å². The third-order valence-electron chi connectivity index (χ3n) is 3.54. The van der Waals surface area contributed by atoms with E-state index in [0.29, 0.717) is 12.1 Å². The maximum Gasteiger partial charge on any atom is 0.232 e. The minimum absolute atomic E-state index is 0.0980. The van der Waals surface area contributed by atoms with Gasteiger partial charge in [0.1, 0.15) is 0 Å². The molecule has 0 unspecified atom stereocenters. The summed E-state index contributed by atoms with van der Waals surface area (Å²) in [5.74, 6) is 0.426. The van der Waals surface area contributed by atoms with E-state index in [-0.39, 0.29) is 18.3 Å². The van der Waals surface area contributed by atoms with Crippen LogP contribution in [-0.2, 0) is 16.4 Å². The number of benzene rings is 1. The average Bonchev–Trinajstić information content (AvgIpc) is 2.41. The summed E-state index contributed by atoms with van der Waals surface area (Å²) in [6.07, 6.45) is 2.41. The first-order chi connectivity index (χ1) is 9.59. The van der Waals surface area contributed by atoms with E-state index in [1.165, 1.54) is 0 Å². The molecular formula is C14H22N2O3S. The maximum absolute atomic E-state index is 12.1. The van der Waals surface area contributed by atoms with Crippen molar-refractivity contribution in [3.05, 3.63) is 29.8 Å². The second kappa shape index (κ2) is 7.06. The largest absolute Gasteiger partial charge is 0.396 e. The lowest BCUT2D eigenvalue weighted by Crippen LogP contribution is -2.33. The molecule has 0 aliphatic carbocycles. The maximum atomic E-state index is 12.1. The molecule has 0 saturated carbocycles. The van der Waals surface area contributed by atoms with Crippen molar-refractivity contribution in [2.75, 3.05) is 30.2 Å². The van der Waals surface area contributed by atoms with Crippen LogP contribution in [0.1, 0.15) is 18.4 Å². The number of aliphatic hydroxyl groups is 1. The molecular weight excluding hydrogens is 276 g/mol. The van der Waals surface area contributed by atoms with Crippen molar-refractivity contribution in [3.8, 4) is 0 Å². The van der Waals surface area contributed by atoms with Crippen LogP contribution in [0, 0.1) is 5.92 Å². The molecule has 0 amide bonds. The number of hydrogen-bond acceptors (Lipinski definition) is 4. The number of nitrogens with one attached hydrogen (secondary N) is 2. The summed E-state index contributed by atoms with van der Waals surface area (Å²) in [5, 5.41) is 12.1. The van der Waals surface area contributed by atoms with Crippen molar-refractivity contribution >= 4 is 15.7 Å². The molecule has 0 bridgehead atoms. The average molecular weight is 298 g/mol. The normalized spacial score (nSPS) is 17.1. The Morgan fingerprint density at radius 1 is 1.20 bits per heavy atom. The van der Waals surface area contributed by atoms with Gasteiger partial charge in [0.25, 0.3) is 0 Å². The highest BCUT2D eigenvalue weighted by molar-refractivity contribution is 7.92. The van der Waals surface area contributed by atoms with E-state index in [1.54, 1.807) is 12.1 Å². The lowest BCUT2D eigenvalue weighted by atomic mass is 10.0. The van der Waals surface area contributed by atoms with Crippen LogP contribution in [0.3, 0.4) is 0 Å². The molecule has 0 radical (unpaired) electrons. The summed E-state index contributed by atoms with van der Waals surface area (Å²) in [7, 11) is -3.29. The van der Waals surface area contributed by atoms with Crippen molar-refractivity contribution in [1.82, 2.24) is 5.32 Å². The number of sulfonamides is 1. The Balaban J connectivity index is 1.93. The number of piperidine rings is 1. The zero-order valence-electron chi connectivity index (χ0n) is 11.5. The quantitative estimate of drug-likeness (QED) is 0.731. The SMILES string of the molecule is O=S(=O)(CC1CCNCC1)Nc1ccc(CCO)cc1. The molecule has 5 nitrogen and oxygen atoms in total. The standard InChI is InChI=1S/C14H22N2O3S/c17-10-7-12-1-3-14(4-2-12)16-20(18,19)11-13-5-8-15-9-6-13/h1-4,13,15-17H,5-11H2. The third-order valence-corrected chi connectivity index (χ3v) is 5.00. The Bertz CT molecular complexity index is 508. The summed E-state index contributed by atoms with van der Waals surface area (Å²) in [4.78, 5) is 0. The molecule has 20 heavy (non-hydrogen) atoms. The summed E-state index contributed by atoms with van der Waals surface area (Å²) < 4.78 is 26.8. The Labute approximate surface area is 120 Å². The molecule has 1 fully saturated rings. The molecule has 1 aromatic rings. The summed E-state index contributed by atoms with van der Waals surface area (Å²) in [6.45, 7) is 1.90. The van der Waals surface area contributed by atoms with Crippen LogP contribution >= 0.6 is 0 Å². The molecule has 1 aromatic carbocycles. The smallest absolute Gasteiger partial charge is 0.232 e. The van der Waals surface area contributed by atoms with Gasteiger partial charge in [0.2, 0.25) is 10.0 Å². The van der Waals surface area contributed by atoms with Crippen LogP contribution in [0.5, 0.6) is 0 Å². The predicted molar refractivity (Wildman–Crippen MR) is 80.2 cm³/mol. The zero-order chi connectivity index (χ0) is 14.4. The van der Waals surface area contributed by atoms with E-state index in [2.05, 4.69) is 10.0 Å². The lowest BCUT2D eigenvalue weighted by Gasteiger charge is -2.22. The molecule has 1 aliphatic heterocycles. The topological polar surface area (TPSA) is 78.4 Å². The first-order valence-electron chi connectivity index (χ1n) is 7.00. The summed E-state index contributed by atoms with van der Waals surface area (Å²) in [5.41, 5.74) is 1.58. The molecule has 6 heteroatoms. The van der Waals surface area contributed by atoms with Crippen LogP contribution in [0.15, 0.2) is 24.3 Å². The van der Waals surface area contributed by atoms with Crippen LogP contribution in [0.4, 0.5) is 5.69 Å². The van der Waals surface area contributed by atoms with E-state index >= 15 is 0 Å². The number of aliphatic hydroxyl groups excluding tert-OH is 1. The highest BCUT2D eigenvalue weighted by atomic mass is 32.2. The number of anilines is 1. The van der Waals surface area contributed by atoms with E-state index < -0.39 is 10.0 Å². The molecule has 2 rings (SSSR count). The predicted octanol–water partition coefficient (Wildman–Crippen LogP) is 0.963. The van der Waals surface area contributed by atoms with Crippen molar-refractivity contribution < 1.29 is 13.5 Å². The lowest BCUT2D eigenvalue weighted by molar-refractivity contribution is 0.299. The van der Waals surface area contributed by atoms with Gasteiger partial charge < -0.3 is 10.4 Å². The van der Waals surface area contributed by atoms with E-state index in [4.69, 9.17) is 5.11 Å². The first-order valence-corrected chi connectivity index (χ1v) is 8.65. The highest BCUT2D eigenvalue weighted by Gasteiger charge is 2.21. The van der Waals surface area contributed by atoms with Crippen LogP contribution in [-0.4, -0.2) is 39.0 Å². The van der Waals surface area contributed by atoms with Crippen LogP contribution in [0.25, 0.3) is 0 Å².